The van der Waals surface area contributed by atoms with E-state index in [0.717, 1.165) is 22.6 Å². The fourth-order valence-electron chi connectivity index (χ4n) is 1.90. The van der Waals surface area contributed by atoms with Gasteiger partial charge in [0.15, 0.2) is 0 Å². The highest BCUT2D eigenvalue weighted by molar-refractivity contribution is 5.90. The Labute approximate surface area is 118 Å². The minimum absolute atomic E-state index is 0.00628. The van der Waals surface area contributed by atoms with Crippen molar-refractivity contribution in [1.82, 2.24) is 4.98 Å². The number of pyridine rings is 1. The van der Waals surface area contributed by atoms with E-state index in [9.17, 15) is 4.79 Å². The normalized spacial score (nSPS) is 10.1. The van der Waals surface area contributed by atoms with Crippen molar-refractivity contribution in [2.45, 2.75) is 19.8 Å². The van der Waals surface area contributed by atoms with E-state index in [4.69, 9.17) is 4.74 Å². The third-order valence-electron chi connectivity index (χ3n) is 2.96. The average molecular weight is 270 g/mol. The summed E-state index contributed by atoms with van der Waals surface area (Å²) in [6.45, 7) is 1.94. The fraction of sp³-hybridized carbons (Fsp3) is 0.250. The Balaban J connectivity index is 1.85. The Bertz CT molecular complexity index is 579. The highest BCUT2D eigenvalue weighted by Crippen LogP contribution is 2.13. The third-order valence-corrected chi connectivity index (χ3v) is 2.96. The van der Waals surface area contributed by atoms with Gasteiger partial charge in [0.1, 0.15) is 5.75 Å². The molecule has 1 heterocycles. The molecule has 1 N–H and O–H groups in total. The molecule has 1 aromatic carbocycles. The molecule has 104 valence electrons. The van der Waals surface area contributed by atoms with Gasteiger partial charge in [-0.1, -0.05) is 12.1 Å². The van der Waals surface area contributed by atoms with Crippen molar-refractivity contribution >= 4 is 11.6 Å². The highest BCUT2D eigenvalue weighted by Gasteiger charge is 2.04. The molecule has 0 saturated carbocycles. The number of nitrogens with zero attached hydrogens (tertiary/aromatic N) is 1. The van der Waals surface area contributed by atoms with Crippen molar-refractivity contribution < 1.29 is 9.53 Å². The van der Waals surface area contributed by atoms with Crippen LogP contribution in [0.4, 0.5) is 5.69 Å². The van der Waals surface area contributed by atoms with Crippen molar-refractivity contribution in [1.29, 1.82) is 0 Å². The smallest absolute Gasteiger partial charge is 0.224 e. The van der Waals surface area contributed by atoms with Crippen molar-refractivity contribution in [2.75, 3.05) is 12.4 Å². The Morgan fingerprint density at radius 2 is 2.00 bits per heavy atom. The SMILES string of the molecule is COc1ccc(CCC(=O)Nc2cncc(C)c2)cc1. The van der Waals surface area contributed by atoms with Crippen LogP contribution in [-0.4, -0.2) is 18.0 Å². The van der Waals surface area contributed by atoms with Gasteiger partial charge in [0.05, 0.1) is 19.0 Å². The summed E-state index contributed by atoms with van der Waals surface area (Å²) in [6, 6.07) is 9.65. The van der Waals surface area contributed by atoms with Gasteiger partial charge in [-0.15, -0.1) is 0 Å². The summed E-state index contributed by atoms with van der Waals surface area (Å²) >= 11 is 0. The van der Waals surface area contributed by atoms with Crippen molar-refractivity contribution in [3.8, 4) is 5.75 Å². The van der Waals surface area contributed by atoms with Crippen LogP contribution in [0, 0.1) is 6.92 Å². The maximum absolute atomic E-state index is 11.9. The lowest BCUT2D eigenvalue weighted by Crippen LogP contribution is -2.12. The topological polar surface area (TPSA) is 51.2 Å². The van der Waals surface area contributed by atoms with Crippen LogP contribution in [0.2, 0.25) is 0 Å². The molecule has 0 radical (unpaired) electrons. The molecule has 4 nitrogen and oxygen atoms in total. The van der Waals surface area contributed by atoms with E-state index >= 15 is 0 Å². The van der Waals surface area contributed by atoms with Gasteiger partial charge in [-0.25, -0.2) is 0 Å². The molecule has 0 aliphatic heterocycles. The molecule has 20 heavy (non-hydrogen) atoms. The van der Waals surface area contributed by atoms with E-state index in [1.807, 2.05) is 37.3 Å². The zero-order valence-corrected chi connectivity index (χ0v) is 11.7. The molecule has 0 aliphatic rings. The predicted molar refractivity (Wildman–Crippen MR) is 78.9 cm³/mol. The minimum Gasteiger partial charge on any atom is -0.497 e. The second kappa shape index (κ2) is 6.70. The zero-order chi connectivity index (χ0) is 14.4. The van der Waals surface area contributed by atoms with Crippen LogP contribution in [-0.2, 0) is 11.2 Å². The van der Waals surface area contributed by atoms with Gasteiger partial charge >= 0.3 is 0 Å². The van der Waals surface area contributed by atoms with Crippen LogP contribution in [0.3, 0.4) is 0 Å². The monoisotopic (exact) mass is 270 g/mol. The number of amides is 1. The molecule has 0 saturated heterocycles. The lowest BCUT2D eigenvalue weighted by atomic mass is 10.1. The summed E-state index contributed by atoms with van der Waals surface area (Å²) in [5.74, 6) is 0.817. The number of benzene rings is 1. The van der Waals surface area contributed by atoms with Crippen molar-refractivity contribution in [3.05, 3.63) is 53.9 Å². The van der Waals surface area contributed by atoms with E-state index < -0.39 is 0 Å². The third kappa shape index (κ3) is 4.09. The van der Waals surface area contributed by atoms with Gasteiger partial charge in [0.2, 0.25) is 5.91 Å². The first-order chi connectivity index (χ1) is 9.67. The Morgan fingerprint density at radius 1 is 1.25 bits per heavy atom. The first-order valence-electron chi connectivity index (χ1n) is 6.52. The number of hydrogen-bond acceptors (Lipinski definition) is 3. The first kappa shape index (κ1) is 14.1. The van der Waals surface area contributed by atoms with Crippen molar-refractivity contribution in [2.24, 2.45) is 0 Å². The van der Waals surface area contributed by atoms with Gasteiger partial charge in [0.25, 0.3) is 0 Å². The number of anilines is 1. The Morgan fingerprint density at radius 3 is 2.65 bits per heavy atom. The molecule has 0 unspecified atom stereocenters. The number of aryl methyl sites for hydroxylation is 2. The van der Waals surface area contributed by atoms with Gasteiger partial charge in [0, 0.05) is 12.6 Å². The molecular formula is C16H18N2O2. The molecule has 1 aromatic heterocycles. The maximum Gasteiger partial charge on any atom is 0.224 e. The second-order valence-corrected chi connectivity index (χ2v) is 4.65. The predicted octanol–water partition coefficient (Wildman–Crippen LogP) is 2.97. The van der Waals surface area contributed by atoms with E-state index in [-0.39, 0.29) is 5.91 Å². The molecule has 0 spiro atoms. The maximum atomic E-state index is 11.9. The van der Waals surface area contributed by atoms with E-state index in [0.29, 0.717) is 12.8 Å². The molecular weight excluding hydrogens is 252 g/mol. The number of methoxy groups -OCH3 is 1. The summed E-state index contributed by atoms with van der Waals surface area (Å²) in [5, 5.41) is 2.85. The van der Waals surface area contributed by atoms with Crippen LogP contribution in [0.1, 0.15) is 17.5 Å². The van der Waals surface area contributed by atoms with Gasteiger partial charge < -0.3 is 10.1 Å². The lowest BCUT2D eigenvalue weighted by molar-refractivity contribution is -0.116. The highest BCUT2D eigenvalue weighted by atomic mass is 16.5. The van der Waals surface area contributed by atoms with Gasteiger partial charge in [-0.05, 0) is 42.7 Å². The van der Waals surface area contributed by atoms with E-state index in [2.05, 4.69) is 10.3 Å². The number of ether oxygens (including phenoxy) is 1. The number of rotatable bonds is 5. The Kier molecular flexibility index (Phi) is 4.71. The molecule has 0 atom stereocenters. The molecule has 4 heteroatoms. The summed E-state index contributed by atoms with van der Waals surface area (Å²) in [5.41, 5.74) is 2.88. The quantitative estimate of drug-likeness (QED) is 0.908. The fourth-order valence-corrected chi connectivity index (χ4v) is 1.90. The number of carbonyl (C=O) groups is 1. The minimum atomic E-state index is -0.00628. The van der Waals surface area contributed by atoms with Crippen LogP contribution in [0.25, 0.3) is 0 Å². The molecule has 0 bridgehead atoms. The standard InChI is InChI=1S/C16H18N2O2/c1-12-9-14(11-17-10-12)18-16(19)8-5-13-3-6-15(20-2)7-4-13/h3-4,6-7,9-11H,5,8H2,1-2H3,(H,18,19). The first-order valence-corrected chi connectivity index (χ1v) is 6.52. The number of carbonyl (C=O) groups excluding carboxylic acids is 1. The van der Waals surface area contributed by atoms with Crippen LogP contribution in [0.15, 0.2) is 42.7 Å². The molecule has 2 rings (SSSR count). The summed E-state index contributed by atoms with van der Waals surface area (Å²) in [7, 11) is 1.64. The summed E-state index contributed by atoms with van der Waals surface area (Å²) in [6.07, 6.45) is 4.56. The largest absolute Gasteiger partial charge is 0.497 e. The number of aromatic nitrogens is 1. The number of nitrogens with one attached hydrogen (secondary N) is 1. The summed E-state index contributed by atoms with van der Waals surface area (Å²) in [4.78, 5) is 15.9. The second-order valence-electron chi connectivity index (χ2n) is 4.65. The summed E-state index contributed by atoms with van der Waals surface area (Å²) < 4.78 is 5.10. The molecule has 0 fully saturated rings. The number of hydrogen-bond donors (Lipinski definition) is 1. The van der Waals surface area contributed by atoms with Crippen LogP contribution in [0.5, 0.6) is 5.75 Å². The molecule has 2 aromatic rings. The molecule has 1 amide bonds. The van der Waals surface area contributed by atoms with E-state index in [1.54, 1.807) is 19.5 Å². The van der Waals surface area contributed by atoms with Crippen molar-refractivity contribution in [3.63, 3.8) is 0 Å². The molecule has 0 aliphatic carbocycles. The van der Waals surface area contributed by atoms with Crippen LogP contribution < -0.4 is 10.1 Å². The zero-order valence-electron chi connectivity index (χ0n) is 11.7. The van der Waals surface area contributed by atoms with Gasteiger partial charge in [-0.3, -0.25) is 9.78 Å². The van der Waals surface area contributed by atoms with Crippen LogP contribution >= 0.6 is 0 Å². The lowest BCUT2D eigenvalue weighted by Gasteiger charge is -2.06. The van der Waals surface area contributed by atoms with Gasteiger partial charge in [-0.2, -0.15) is 0 Å². The average Bonchev–Trinajstić information content (AvgIpc) is 2.46. The Hall–Kier alpha value is -2.36. The van der Waals surface area contributed by atoms with E-state index in [1.165, 1.54) is 0 Å².